The molecule has 0 radical (unpaired) electrons. The van der Waals surface area contributed by atoms with Crippen molar-refractivity contribution in [3.05, 3.63) is 12.2 Å². The van der Waals surface area contributed by atoms with E-state index >= 15 is 0 Å². The van der Waals surface area contributed by atoms with E-state index in [2.05, 4.69) is 5.32 Å². The second-order valence-electron chi connectivity index (χ2n) is 5.90. The summed E-state index contributed by atoms with van der Waals surface area (Å²) in [6, 6.07) is 0. The highest BCUT2D eigenvalue weighted by Crippen LogP contribution is 2.34. The van der Waals surface area contributed by atoms with Crippen LogP contribution in [0.1, 0.15) is 26.2 Å². The van der Waals surface area contributed by atoms with E-state index in [0.29, 0.717) is 19.4 Å². The maximum absolute atomic E-state index is 12.3. The highest BCUT2D eigenvalue weighted by molar-refractivity contribution is 6.05. The summed E-state index contributed by atoms with van der Waals surface area (Å²) in [6.45, 7) is 3.19. The average molecular weight is 294 g/mol. The van der Waals surface area contributed by atoms with Crippen molar-refractivity contribution in [3.8, 4) is 0 Å². The fourth-order valence-corrected chi connectivity index (χ4v) is 2.95. The van der Waals surface area contributed by atoms with Gasteiger partial charge in [0.25, 0.3) is 5.91 Å². The van der Waals surface area contributed by atoms with Gasteiger partial charge in [-0.3, -0.25) is 14.4 Å². The quantitative estimate of drug-likeness (QED) is 0.484. The predicted molar refractivity (Wildman–Crippen MR) is 77.1 cm³/mol. The molecule has 1 unspecified atom stereocenters. The van der Waals surface area contributed by atoms with Gasteiger partial charge in [-0.1, -0.05) is 19.1 Å². The van der Waals surface area contributed by atoms with E-state index in [1.807, 2.05) is 26.1 Å². The first-order valence-corrected chi connectivity index (χ1v) is 7.62. The summed E-state index contributed by atoms with van der Waals surface area (Å²) in [5.74, 6) is -0.591. The molecule has 1 aliphatic heterocycles. The van der Waals surface area contributed by atoms with Crippen molar-refractivity contribution < 1.29 is 19.3 Å². The number of imide groups is 1. The smallest absolute Gasteiger partial charge is 0.275 e. The molecule has 1 aliphatic carbocycles. The molecule has 1 saturated heterocycles. The first-order valence-electron chi connectivity index (χ1n) is 7.62. The first-order chi connectivity index (χ1) is 10.0. The Kier molecular flexibility index (Phi) is 5.12. The van der Waals surface area contributed by atoms with Crippen LogP contribution in [0.15, 0.2) is 12.2 Å². The van der Waals surface area contributed by atoms with Crippen LogP contribution in [0.3, 0.4) is 0 Å². The number of quaternary nitrogens is 1. The molecule has 2 rings (SSSR count). The van der Waals surface area contributed by atoms with Gasteiger partial charge in [0.05, 0.1) is 18.9 Å². The fraction of sp³-hybridized carbons (Fsp3) is 0.667. The Morgan fingerprint density at radius 3 is 2.38 bits per heavy atom. The van der Waals surface area contributed by atoms with Gasteiger partial charge in [-0.15, -0.1) is 0 Å². The minimum atomic E-state index is -0.191. The van der Waals surface area contributed by atoms with Crippen molar-refractivity contribution in [2.45, 2.75) is 26.2 Å². The zero-order chi connectivity index (χ0) is 15.4. The Labute approximate surface area is 125 Å². The molecule has 0 aromatic rings. The molecule has 3 atom stereocenters. The molecule has 2 aliphatic rings. The number of hydrogen-bond acceptors (Lipinski definition) is 3. The van der Waals surface area contributed by atoms with Crippen LogP contribution in [0.2, 0.25) is 0 Å². The van der Waals surface area contributed by atoms with Gasteiger partial charge in [-0.2, -0.15) is 0 Å². The van der Waals surface area contributed by atoms with Gasteiger partial charge in [0.15, 0.2) is 13.2 Å². The molecule has 0 aromatic carbocycles. The van der Waals surface area contributed by atoms with Crippen molar-refractivity contribution in [1.82, 2.24) is 10.2 Å². The number of amides is 3. The Balaban J connectivity index is 1.89. The highest BCUT2D eigenvalue weighted by Gasteiger charge is 2.48. The summed E-state index contributed by atoms with van der Waals surface area (Å²) in [5.41, 5.74) is 0. The molecule has 0 bridgehead atoms. The van der Waals surface area contributed by atoms with E-state index in [4.69, 9.17) is 0 Å². The third kappa shape index (κ3) is 3.50. The van der Waals surface area contributed by atoms with Crippen LogP contribution in [0.25, 0.3) is 0 Å². The van der Waals surface area contributed by atoms with Crippen LogP contribution in [0, 0.1) is 11.8 Å². The third-order valence-electron chi connectivity index (χ3n) is 4.06. The van der Waals surface area contributed by atoms with Gasteiger partial charge in [-0.25, -0.2) is 4.90 Å². The number of likely N-dealkylation sites (tertiary alicyclic amines) is 1. The van der Waals surface area contributed by atoms with Crippen LogP contribution in [-0.4, -0.2) is 49.4 Å². The predicted octanol–water partition coefficient (Wildman–Crippen LogP) is -1.06. The van der Waals surface area contributed by atoms with Crippen LogP contribution < -0.4 is 10.2 Å². The van der Waals surface area contributed by atoms with Gasteiger partial charge in [0, 0.05) is 6.54 Å². The fourth-order valence-electron chi connectivity index (χ4n) is 2.95. The monoisotopic (exact) mass is 294 g/mol. The molecule has 3 amide bonds. The summed E-state index contributed by atoms with van der Waals surface area (Å²) in [5, 5.41) is 2.80. The van der Waals surface area contributed by atoms with Gasteiger partial charge < -0.3 is 10.2 Å². The zero-order valence-corrected chi connectivity index (χ0v) is 12.7. The lowest BCUT2D eigenvalue weighted by Gasteiger charge is -2.20. The summed E-state index contributed by atoms with van der Waals surface area (Å²) in [6.07, 6.45) is 6.16. The lowest BCUT2D eigenvalue weighted by atomic mass is 9.85. The Morgan fingerprint density at radius 1 is 1.29 bits per heavy atom. The van der Waals surface area contributed by atoms with Crippen molar-refractivity contribution >= 4 is 17.7 Å². The van der Waals surface area contributed by atoms with Gasteiger partial charge in [0.1, 0.15) is 0 Å². The second-order valence-corrected chi connectivity index (χ2v) is 5.90. The summed E-state index contributed by atoms with van der Waals surface area (Å²) < 4.78 is 0. The standard InChI is InChI=1S/C15H23N3O3/c1-3-8-16-13(19)9-17(2)10-18-14(20)11-6-4-5-7-12(11)15(18)21/h4-5,11-12H,3,6-10H2,1-2H3,(H,16,19)/p+1/t11-,12-/m0/s1. The van der Waals surface area contributed by atoms with Crippen LogP contribution in [-0.2, 0) is 14.4 Å². The van der Waals surface area contributed by atoms with E-state index in [1.165, 1.54) is 4.90 Å². The van der Waals surface area contributed by atoms with Crippen LogP contribution in [0.4, 0.5) is 0 Å². The molecule has 0 aromatic heterocycles. The van der Waals surface area contributed by atoms with Crippen LogP contribution in [0.5, 0.6) is 0 Å². The molecule has 21 heavy (non-hydrogen) atoms. The van der Waals surface area contributed by atoms with Gasteiger partial charge >= 0.3 is 0 Å². The Hall–Kier alpha value is -1.69. The van der Waals surface area contributed by atoms with Crippen molar-refractivity contribution in [2.24, 2.45) is 11.8 Å². The molecule has 1 heterocycles. The van der Waals surface area contributed by atoms with Crippen molar-refractivity contribution in [2.75, 3.05) is 26.8 Å². The largest absolute Gasteiger partial charge is 0.351 e. The zero-order valence-electron chi connectivity index (χ0n) is 12.7. The third-order valence-corrected chi connectivity index (χ3v) is 4.06. The van der Waals surface area contributed by atoms with Crippen molar-refractivity contribution in [1.29, 1.82) is 0 Å². The number of allylic oxidation sites excluding steroid dienone is 2. The minimum Gasteiger partial charge on any atom is -0.351 e. The molecular formula is C15H24N3O3+. The number of rotatable bonds is 6. The van der Waals surface area contributed by atoms with E-state index in [0.717, 1.165) is 11.3 Å². The van der Waals surface area contributed by atoms with Crippen molar-refractivity contribution in [3.63, 3.8) is 0 Å². The molecule has 116 valence electrons. The number of hydrogen-bond donors (Lipinski definition) is 2. The molecule has 1 fully saturated rings. The first kappa shape index (κ1) is 15.7. The maximum Gasteiger partial charge on any atom is 0.275 e. The number of carbonyl (C=O) groups is 3. The molecule has 0 spiro atoms. The van der Waals surface area contributed by atoms with Crippen LogP contribution >= 0.6 is 0 Å². The number of likely N-dealkylation sites (N-methyl/N-ethyl adjacent to an activating group) is 1. The summed E-state index contributed by atoms with van der Waals surface area (Å²) in [7, 11) is 1.83. The van der Waals surface area contributed by atoms with Gasteiger partial charge in [-0.05, 0) is 19.3 Å². The van der Waals surface area contributed by atoms with E-state index in [1.54, 1.807) is 0 Å². The molecule has 0 saturated carbocycles. The number of nitrogens with one attached hydrogen (secondary N) is 2. The Morgan fingerprint density at radius 2 is 1.86 bits per heavy atom. The number of carbonyl (C=O) groups excluding carboxylic acids is 3. The average Bonchev–Trinajstić information content (AvgIpc) is 2.71. The normalized spacial score (nSPS) is 25.9. The molecule has 6 heteroatoms. The van der Waals surface area contributed by atoms with E-state index < -0.39 is 0 Å². The summed E-state index contributed by atoms with van der Waals surface area (Å²) >= 11 is 0. The lowest BCUT2D eigenvalue weighted by Crippen LogP contribution is -3.12. The lowest BCUT2D eigenvalue weighted by molar-refractivity contribution is -0.879. The highest BCUT2D eigenvalue weighted by atomic mass is 16.2. The van der Waals surface area contributed by atoms with E-state index in [-0.39, 0.29) is 42.8 Å². The number of nitrogens with zero attached hydrogens (tertiary/aromatic N) is 1. The number of fused-ring (bicyclic) bond motifs is 1. The topological polar surface area (TPSA) is 70.9 Å². The SMILES string of the molecule is CCCNC(=O)C[NH+](C)CN1C(=O)[C@H]2CC=CC[C@@H]2C1=O. The van der Waals surface area contributed by atoms with E-state index in [9.17, 15) is 14.4 Å². The van der Waals surface area contributed by atoms with Gasteiger partial charge in [0.2, 0.25) is 11.8 Å². The molecule has 2 N–H and O–H groups in total. The maximum atomic E-state index is 12.3. The second kappa shape index (κ2) is 6.85. The molecule has 6 nitrogen and oxygen atoms in total. The summed E-state index contributed by atoms with van der Waals surface area (Å²) in [4.78, 5) is 38.5. The minimum absolute atomic E-state index is 0.0486. The molecular weight excluding hydrogens is 270 g/mol. The Bertz CT molecular complexity index is 435.